The molecule has 142 valence electrons. The van der Waals surface area contributed by atoms with Crippen molar-refractivity contribution >= 4 is 36.0 Å². The van der Waals surface area contributed by atoms with E-state index in [-0.39, 0.29) is 30.1 Å². The molecule has 0 aromatic heterocycles. The zero-order valence-electron chi connectivity index (χ0n) is 15.6. The Balaban J connectivity index is 0.00000529. The van der Waals surface area contributed by atoms with E-state index in [9.17, 15) is 4.79 Å². The smallest absolute Gasteiger partial charge is 0.410 e. The van der Waals surface area contributed by atoms with Gasteiger partial charge in [-0.15, -0.1) is 24.0 Å². The first-order valence-corrected chi connectivity index (χ1v) is 8.27. The molecule has 1 amide bonds. The second-order valence-corrected chi connectivity index (χ2v) is 6.81. The molecule has 1 saturated heterocycles. The number of rotatable bonds is 5. The molecular weight excluding hydrogens is 423 g/mol. The highest BCUT2D eigenvalue weighted by molar-refractivity contribution is 14.0. The maximum Gasteiger partial charge on any atom is 0.410 e. The quantitative estimate of drug-likeness (QED) is 0.287. The van der Waals surface area contributed by atoms with Crippen molar-refractivity contribution in [2.24, 2.45) is 10.9 Å². The van der Waals surface area contributed by atoms with Crippen molar-refractivity contribution in [3.63, 3.8) is 0 Å². The monoisotopic (exact) mass is 456 g/mol. The molecule has 7 nitrogen and oxygen atoms in total. The molecular formula is C16H33IN4O3. The summed E-state index contributed by atoms with van der Waals surface area (Å²) in [6.07, 6.45) is 1.88. The molecule has 1 rings (SSSR count). The van der Waals surface area contributed by atoms with Crippen LogP contribution in [0.1, 0.15) is 33.6 Å². The van der Waals surface area contributed by atoms with Crippen LogP contribution in [0.5, 0.6) is 0 Å². The van der Waals surface area contributed by atoms with E-state index in [1.807, 2.05) is 25.7 Å². The molecule has 0 saturated carbocycles. The summed E-state index contributed by atoms with van der Waals surface area (Å²) in [6, 6.07) is 0. The second-order valence-electron chi connectivity index (χ2n) is 6.81. The number of methoxy groups -OCH3 is 1. The van der Waals surface area contributed by atoms with E-state index >= 15 is 0 Å². The highest BCUT2D eigenvalue weighted by atomic mass is 127. The largest absolute Gasteiger partial charge is 0.444 e. The number of likely N-dealkylation sites (tertiary alicyclic amines) is 1. The molecule has 1 unspecified atom stereocenters. The Kier molecular flexibility index (Phi) is 11.4. The van der Waals surface area contributed by atoms with Gasteiger partial charge in [0.15, 0.2) is 5.96 Å². The minimum absolute atomic E-state index is 0. The number of nitrogens with zero attached hydrogens (tertiary/aromatic N) is 2. The minimum Gasteiger partial charge on any atom is -0.444 e. The third-order valence-electron chi connectivity index (χ3n) is 3.55. The van der Waals surface area contributed by atoms with Gasteiger partial charge in [0.05, 0.1) is 6.61 Å². The first-order valence-electron chi connectivity index (χ1n) is 8.27. The third kappa shape index (κ3) is 9.51. The Morgan fingerprint density at radius 2 is 2.04 bits per heavy atom. The third-order valence-corrected chi connectivity index (χ3v) is 3.55. The SMILES string of the molecule is CN=C(NCCOC)NCC1CCCN(C(=O)OC(C)(C)C)C1.I. The van der Waals surface area contributed by atoms with Crippen molar-refractivity contribution in [1.82, 2.24) is 15.5 Å². The number of aliphatic imine (C=N–C) groups is 1. The van der Waals surface area contributed by atoms with E-state index in [1.54, 1.807) is 14.2 Å². The molecule has 0 spiro atoms. The molecule has 0 aromatic carbocycles. The van der Waals surface area contributed by atoms with Crippen molar-refractivity contribution in [3.8, 4) is 0 Å². The average molecular weight is 456 g/mol. The first-order chi connectivity index (χ1) is 10.9. The summed E-state index contributed by atoms with van der Waals surface area (Å²) in [6.45, 7) is 9.30. The highest BCUT2D eigenvalue weighted by Gasteiger charge is 2.27. The number of hydrogen-bond donors (Lipinski definition) is 2. The number of halogens is 1. The van der Waals surface area contributed by atoms with E-state index in [2.05, 4.69) is 15.6 Å². The van der Waals surface area contributed by atoms with E-state index in [0.29, 0.717) is 19.1 Å². The van der Waals surface area contributed by atoms with Gasteiger partial charge in [0.2, 0.25) is 0 Å². The Morgan fingerprint density at radius 3 is 2.62 bits per heavy atom. The van der Waals surface area contributed by atoms with E-state index < -0.39 is 5.60 Å². The summed E-state index contributed by atoms with van der Waals surface area (Å²) in [7, 11) is 3.42. The summed E-state index contributed by atoms with van der Waals surface area (Å²) in [5, 5.41) is 6.49. The average Bonchev–Trinajstić information content (AvgIpc) is 2.49. The lowest BCUT2D eigenvalue weighted by molar-refractivity contribution is 0.0168. The van der Waals surface area contributed by atoms with Crippen LogP contribution in [0, 0.1) is 5.92 Å². The van der Waals surface area contributed by atoms with Gasteiger partial charge in [0.1, 0.15) is 5.60 Å². The van der Waals surface area contributed by atoms with Crippen molar-refractivity contribution in [2.75, 3.05) is 46.9 Å². The predicted octanol–water partition coefficient (Wildman–Crippen LogP) is 2.06. The number of carbonyl (C=O) groups is 1. The lowest BCUT2D eigenvalue weighted by Gasteiger charge is -2.34. The zero-order chi connectivity index (χ0) is 17.3. The van der Waals surface area contributed by atoms with Crippen molar-refractivity contribution in [1.29, 1.82) is 0 Å². The molecule has 1 fully saturated rings. The van der Waals surface area contributed by atoms with Crippen molar-refractivity contribution in [3.05, 3.63) is 0 Å². The Bertz CT molecular complexity index is 399. The number of amides is 1. The number of piperidine rings is 1. The van der Waals surface area contributed by atoms with Gasteiger partial charge in [-0.05, 0) is 39.5 Å². The molecule has 2 N–H and O–H groups in total. The topological polar surface area (TPSA) is 75.2 Å². The van der Waals surface area contributed by atoms with Gasteiger partial charge in [0, 0.05) is 40.3 Å². The molecule has 1 atom stereocenters. The maximum atomic E-state index is 12.2. The van der Waals surface area contributed by atoms with Gasteiger partial charge in [-0.25, -0.2) is 4.79 Å². The summed E-state index contributed by atoms with van der Waals surface area (Å²) in [5.74, 6) is 1.16. The van der Waals surface area contributed by atoms with Crippen LogP contribution in [0.4, 0.5) is 4.79 Å². The fraction of sp³-hybridized carbons (Fsp3) is 0.875. The highest BCUT2D eigenvalue weighted by Crippen LogP contribution is 2.18. The normalized spacial score (nSPS) is 18.6. The van der Waals surface area contributed by atoms with Crippen molar-refractivity contribution < 1.29 is 14.3 Å². The number of hydrogen-bond acceptors (Lipinski definition) is 4. The number of nitrogens with one attached hydrogen (secondary N) is 2. The van der Waals surface area contributed by atoms with Gasteiger partial charge < -0.3 is 25.0 Å². The molecule has 0 aliphatic carbocycles. The standard InChI is InChI=1S/C16H32N4O3.HI/c1-16(2,3)23-15(21)20-9-6-7-13(12-20)11-19-14(17-4)18-8-10-22-5;/h13H,6-12H2,1-5H3,(H2,17,18,19);1H. The van der Waals surface area contributed by atoms with Crippen LogP contribution in [0.15, 0.2) is 4.99 Å². The van der Waals surface area contributed by atoms with Crippen LogP contribution >= 0.6 is 24.0 Å². The Morgan fingerprint density at radius 1 is 1.33 bits per heavy atom. The van der Waals surface area contributed by atoms with Crippen LogP contribution in [0.3, 0.4) is 0 Å². The van der Waals surface area contributed by atoms with E-state index in [4.69, 9.17) is 9.47 Å². The summed E-state index contributed by atoms with van der Waals surface area (Å²) >= 11 is 0. The molecule has 1 aliphatic heterocycles. The van der Waals surface area contributed by atoms with Gasteiger partial charge in [-0.2, -0.15) is 0 Å². The van der Waals surface area contributed by atoms with E-state index in [1.165, 1.54) is 0 Å². The number of guanidine groups is 1. The van der Waals surface area contributed by atoms with E-state index in [0.717, 1.165) is 38.4 Å². The lowest BCUT2D eigenvalue weighted by Crippen LogP contribution is -2.47. The first kappa shape index (κ1) is 23.2. The molecule has 0 radical (unpaired) electrons. The summed E-state index contributed by atoms with van der Waals surface area (Å²) in [4.78, 5) is 18.1. The van der Waals surface area contributed by atoms with Gasteiger partial charge >= 0.3 is 6.09 Å². The fourth-order valence-corrected chi connectivity index (χ4v) is 2.46. The molecule has 1 aliphatic rings. The molecule has 1 heterocycles. The molecule has 8 heteroatoms. The van der Waals surface area contributed by atoms with Gasteiger partial charge in [-0.3, -0.25) is 4.99 Å². The fourth-order valence-electron chi connectivity index (χ4n) is 2.46. The molecule has 0 bridgehead atoms. The minimum atomic E-state index is -0.449. The maximum absolute atomic E-state index is 12.2. The summed E-state index contributed by atoms with van der Waals surface area (Å²) < 4.78 is 10.5. The lowest BCUT2D eigenvalue weighted by atomic mass is 9.98. The Hall–Kier alpha value is -0.770. The van der Waals surface area contributed by atoms with Gasteiger partial charge in [-0.1, -0.05) is 0 Å². The number of carbonyl (C=O) groups excluding carboxylic acids is 1. The second kappa shape index (κ2) is 11.7. The van der Waals surface area contributed by atoms with Crippen molar-refractivity contribution in [2.45, 2.75) is 39.2 Å². The Labute approximate surface area is 162 Å². The van der Waals surface area contributed by atoms with Crippen LogP contribution in [0.2, 0.25) is 0 Å². The van der Waals surface area contributed by atoms with Gasteiger partial charge in [0.25, 0.3) is 0 Å². The van der Waals surface area contributed by atoms with Crippen LogP contribution in [-0.2, 0) is 9.47 Å². The van der Waals surface area contributed by atoms with Crippen LogP contribution in [-0.4, -0.2) is 69.5 Å². The zero-order valence-corrected chi connectivity index (χ0v) is 17.9. The predicted molar refractivity (Wildman–Crippen MR) is 107 cm³/mol. The van der Waals surface area contributed by atoms with Crippen LogP contribution in [0.25, 0.3) is 0 Å². The molecule has 24 heavy (non-hydrogen) atoms. The van der Waals surface area contributed by atoms with Crippen LogP contribution < -0.4 is 10.6 Å². The summed E-state index contributed by atoms with van der Waals surface area (Å²) in [5.41, 5.74) is -0.449. The molecule has 0 aromatic rings. The number of ether oxygens (including phenoxy) is 2.